The Labute approximate surface area is 190 Å². The summed E-state index contributed by atoms with van der Waals surface area (Å²) in [6, 6.07) is 25.7. The zero-order valence-electron chi connectivity index (χ0n) is 17.8. The average molecular weight is 446 g/mol. The molecule has 32 heavy (non-hydrogen) atoms. The van der Waals surface area contributed by atoms with Crippen LogP contribution in [0.1, 0.15) is 18.5 Å². The Balaban J connectivity index is 1.34. The Morgan fingerprint density at radius 1 is 1.00 bits per heavy atom. The van der Waals surface area contributed by atoms with Crippen LogP contribution >= 0.6 is 11.8 Å². The van der Waals surface area contributed by atoms with E-state index in [1.54, 1.807) is 11.8 Å². The number of ether oxygens (including phenoxy) is 1. The van der Waals surface area contributed by atoms with Crippen LogP contribution in [0.15, 0.2) is 84.0 Å². The van der Waals surface area contributed by atoms with E-state index in [9.17, 15) is 4.79 Å². The first-order chi connectivity index (χ1) is 15.6. The second kappa shape index (κ2) is 10.1. The number of amides is 1. The van der Waals surface area contributed by atoms with Gasteiger partial charge >= 0.3 is 0 Å². The van der Waals surface area contributed by atoms with Crippen molar-refractivity contribution in [3.8, 4) is 22.6 Å². The monoisotopic (exact) mass is 445 g/mol. The van der Waals surface area contributed by atoms with Crippen LogP contribution in [0.5, 0.6) is 5.75 Å². The molecule has 1 heterocycles. The summed E-state index contributed by atoms with van der Waals surface area (Å²) in [7, 11) is 1.62. The zero-order chi connectivity index (χ0) is 22.3. The first kappa shape index (κ1) is 21.6. The molecule has 7 nitrogen and oxygen atoms in total. The first-order valence-electron chi connectivity index (χ1n) is 10.1. The van der Waals surface area contributed by atoms with Gasteiger partial charge in [-0.05, 0) is 58.3 Å². The molecule has 162 valence electrons. The lowest BCUT2D eigenvalue weighted by molar-refractivity contribution is -0.119. The number of rotatable bonds is 8. The molecular formula is C24H23N5O2S. The molecule has 0 spiro atoms. The van der Waals surface area contributed by atoms with Crippen LogP contribution in [-0.4, -0.2) is 39.0 Å². The molecule has 0 unspecified atom stereocenters. The Morgan fingerprint density at radius 2 is 1.69 bits per heavy atom. The lowest BCUT2D eigenvalue weighted by Gasteiger charge is -2.15. The minimum absolute atomic E-state index is 0.0843. The number of carbonyl (C=O) groups excluding carboxylic acids is 1. The number of tetrazole rings is 1. The molecule has 0 radical (unpaired) electrons. The van der Waals surface area contributed by atoms with Crippen molar-refractivity contribution >= 4 is 17.7 Å². The molecule has 4 aromatic rings. The molecular weight excluding hydrogens is 422 g/mol. The van der Waals surface area contributed by atoms with E-state index in [4.69, 9.17) is 4.74 Å². The molecule has 3 aromatic carbocycles. The number of carbonyl (C=O) groups is 1. The number of hydrogen-bond acceptors (Lipinski definition) is 6. The van der Waals surface area contributed by atoms with Gasteiger partial charge < -0.3 is 10.1 Å². The molecule has 0 aliphatic carbocycles. The van der Waals surface area contributed by atoms with E-state index in [1.165, 1.54) is 17.3 Å². The predicted octanol–water partition coefficient (Wildman–Crippen LogP) is 4.31. The quantitative estimate of drug-likeness (QED) is 0.407. The van der Waals surface area contributed by atoms with Crippen molar-refractivity contribution in [3.05, 3.63) is 84.4 Å². The third kappa shape index (κ3) is 5.15. The summed E-state index contributed by atoms with van der Waals surface area (Å²) in [5.41, 5.74) is 4.16. The Hall–Kier alpha value is -3.65. The van der Waals surface area contributed by atoms with Crippen LogP contribution in [0.25, 0.3) is 16.8 Å². The number of thioether (sulfide) groups is 1. The second-order valence-corrected chi connectivity index (χ2v) is 8.08. The number of hydrogen-bond donors (Lipinski definition) is 1. The van der Waals surface area contributed by atoms with Crippen LogP contribution in [-0.2, 0) is 4.79 Å². The Kier molecular flexibility index (Phi) is 6.81. The summed E-state index contributed by atoms with van der Waals surface area (Å²) in [4.78, 5) is 12.5. The van der Waals surface area contributed by atoms with Crippen LogP contribution < -0.4 is 10.1 Å². The van der Waals surface area contributed by atoms with E-state index in [0.717, 1.165) is 22.6 Å². The number of benzene rings is 3. The van der Waals surface area contributed by atoms with Crippen molar-refractivity contribution in [3.63, 3.8) is 0 Å². The van der Waals surface area contributed by atoms with Gasteiger partial charge in [-0.25, -0.2) is 0 Å². The predicted molar refractivity (Wildman–Crippen MR) is 125 cm³/mol. The number of aromatic nitrogens is 4. The lowest BCUT2D eigenvalue weighted by atomic mass is 10.0. The molecule has 0 saturated carbocycles. The van der Waals surface area contributed by atoms with Crippen LogP contribution in [0.4, 0.5) is 0 Å². The minimum atomic E-state index is -0.106. The molecule has 8 heteroatoms. The molecule has 1 aromatic heterocycles. The number of methoxy groups -OCH3 is 1. The smallest absolute Gasteiger partial charge is 0.230 e. The van der Waals surface area contributed by atoms with Gasteiger partial charge in [0, 0.05) is 0 Å². The summed E-state index contributed by atoms with van der Waals surface area (Å²) in [5.74, 6) is 0.878. The zero-order valence-corrected chi connectivity index (χ0v) is 18.6. The third-order valence-electron chi connectivity index (χ3n) is 4.99. The molecule has 0 bridgehead atoms. The fourth-order valence-corrected chi connectivity index (χ4v) is 3.95. The van der Waals surface area contributed by atoms with Gasteiger partial charge in [0.25, 0.3) is 0 Å². The van der Waals surface area contributed by atoms with Gasteiger partial charge in [0.15, 0.2) is 0 Å². The van der Waals surface area contributed by atoms with Gasteiger partial charge in [-0.3, -0.25) is 4.79 Å². The van der Waals surface area contributed by atoms with Gasteiger partial charge in [-0.2, -0.15) is 4.68 Å². The highest BCUT2D eigenvalue weighted by atomic mass is 32.2. The first-order valence-corrected chi connectivity index (χ1v) is 11.1. The molecule has 0 fully saturated rings. The van der Waals surface area contributed by atoms with Crippen LogP contribution in [0.2, 0.25) is 0 Å². The SMILES string of the molecule is COc1ccc(-n2nnnc2SCC(=O)N[C@H](C)c2ccc(-c3ccccc3)cc2)cc1. The van der Waals surface area contributed by atoms with Crippen LogP contribution in [0.3, 0.4) is 0 Å². The van der Waals surface area contributed by atoms with Crippen molar-refractivity contribution < 1.29 is 9.53 Å². The largest absolute Gasteiger partial charge is 0.497 e. The highest BCUT2D eigenvalue weighted by molar-refractivity contribution is 7.99. The summed E-state index contributed by atoms with van der Waals surface area (Å²) < 4.78 is 6.78. The number of nitrogens with zero attached hydrogens (tertiary/aromatic N) is 4. The van der Waals surface area contributed by atoms with E-state index >= 15 is 0 Å². The van der Waals surface area contributed by atoms with Crippen molar-refractivity contribution in [1.29, 1.82) is 0 Å². The number of nitrogens with one attached hydrogen (secondary N) is 1. The van der Waals surface area contributed by atoms with Gasteiger partial charge in [0.05, 0.1) is 24.6 Å². The normalized spacial score (nSPS) is 11.7. The van der Waals surface area contributed by atoms with E-state index < -0.39 is 0 Å². The summed E-state index contributed by atoms with van der Waals surface area (Å²) >= 11 is 1.29. The van der Waals surface area contributed by atoms with E-state index in [0.29, 0.717) is 5.16 Å². The maximum Gasteiger partial charge on any atom is 0.230 e. The van der Waals surface area contributed by atoms with E-state index in [-0.39, 0.29) is 17.7 Å². The second-order valence-electron chi connectivity index (χ2n) is 7.14. The molecule has 0 saturated heterocycles. The molecule has 1 atom stereocenters. The van der Waals surface area contributed by atoms with Gasteiger partial charge in [0.2, 0.25) is 11.1 Å². The highest BCUT2D eigenvalue weighted by Crippen LogP contribution is 2.23. The van der Waals surface area contributed by atoms with Crippen molar-refractivity contribution in [2.45, 2.75) is 18.1 Å². The molecule has 1 amide bonds. The third-order valence-corrected chi connectivity index (χ3v) is 5.90. The maximum atomic E-state index is 12.5. The van der Waals surface area contributed by atoms with E-state index in [1.807, 2.05) is 61.5 Å². The van der Waals surface area contributed by atoms with Gasteiger partial charge in [-0.1, -0.05) is 66.4 Å². The lowest BCUT2D eigenvalue weighted by Crippen LogP contribution is -2.28. The van der Waals surface area contributed by atoms with Gasteiger partial charge in [-0.15, -0.1) is 5.10 Å². The van der Waals surface area contributed by atoms with E-state index in [2.05, 4.69) is 45.1 Å². The molecule has 1 N–H and O–H groups in total. The maximum absolute atomic E-state index is 12.5. The minimum Gasteiger partial charge on any atom is -0.497 e. The fourth-order valence-electron chi connectivity index (χ4n) is 3.25. The topological polar surface area (TPSA) is 81.9 Å². The highest BCUT2D eigenvalue weighted by Gasteiger charge is 2.14. The molecule has 4 rings (SSSR count). The summed E-state index contributed by atoms with van der Waals surface area (Å²) in [6.45, 7) is 1.97. The van der Waals surface area contributed by atoms with Gasteiger partial charge in [0.1, 0.15) is 5.75 Å². The molecule has 0 aliphatic rings. The Morgan fingerprint density at radius 3 is 2.38 bits per heavy atom. The van der Waals surface area contributed by atoms with Crippen LogP contribution in [0, 0.1) is 0 Å². The van der Waals surface area contributed by atoms with Crippen molar-refractivity contribution in [1.82, 2.24) is 25.5 Å². The summed E-state index contributed by atoms with van der Waals surface area (Å²) in [6.07, 6.45) is 0. The average Bonchev–Trinajstić information content (AvgIpc) is 3.32. The summed E-state index contributed by atoms with van der Waals surface area (Å²) in [5, 5.41) is 15.4. The van der Waals surface area contributed by atoms with Crippen molar-refractivity contribution in [2.75, 3.05) is 12.9 Å². The van der Waals surface area contributed by atoms with Crippen molar-refractivity contribution in [2.24, 2.45) is 0 Å². The molecule has 0 aliphatic heterocycles. The fraction of sp³-hybridized carbons (Fsp3) is 0.167. The standard InChI is InChI=1S/C24H23N5O2S/c1-17(18-8-10-20(11-9-18)19-6-4-3-5-7-19)25-23(30)16-32-24-26-27-28-29(24)21-12-14-22(31-2)15-13-21/h3-15,17H,16H2,1-2H3,(H,25,30)/t17-/m1/s1. The Bertz CT molecular complexity index is 1160.